The Labute approximate surface area is 105 Å². The molecular formula is C14H13N3O. The molecule has 0 bridgehead atoms. The van der Waals surface area contributed by atoms with E-state index >= 15 is 0 Å². The molecule has 0 saturated heterocycles. The van der Waals surface area contributed by atoms with Crippen LogP contribution in [0, 0.1) is 0 Å². The SMILES string of the molecule is Nc1ccc2c(ccn2NOc2ccccc2)c1. The Bertz CT molecular complexity index is 661. The highest BCUT2D eigenvalue weighted by atomic mass is 16.7. The lowest BCUT2D eigenvalue weighted by Gasteiger charge is -2.10. The van der Waals surface area contributed by atoms with Gasteiger partial charge in [0, 0.05) is 17.3 Å². The van der Waals surface area contributed by atoms with Crippen molar-refractivity contribution in [2.75, 3.05) is 11.3 Å². The van der Waals surface area contributed by atoms with Crippen LogP contribution in [0.1, 0.15) is 0 Å². The quantitative estimate of drug-likeness (QED) is 0.546. The third kappa shape index (κ3) is 1.96. The lowest BCUT2D eigenvalue weighted by Crippen LogP contribution is -2.17. The van der Waals surface area contributed by atoms with Crippen LogP contribution in [0.15, 0.2) is 60.8 Å². The van der Waals surface area contributed by atoms with Gasteiger partial charge in [-0.1, -0.05) is 18.2 Å². The van der Waals surface area contributed by atoms with Crippen molar-refractivity contribution in [3.8, 4) is 5.75 Å². The Kier molecular flexibility index (Phi) is 2.53. The molecule has 4 heteroatoms. The first-order valence-electron chi connectivity index (χ1n) is 5.67. The van der Waals surface area contributed by atoms with Crippen LogP contribution in [0.2, 0.25) is 0 Å². The summed E-state index contributed by atoms with van der Waals surface area (Å²) in [6.07, 6.45) is 1.90. The monoisotopic (exact) mass is 239 g/mol. The summed E-state index contributed by atoms with van der Waals surface area (Å²) in [6, 6.07) is 17.3. The number of nitrogen functional groups attached to an aromatic ring is 1. The zero-order valence-electron chi connectivity index (χ0n) is 9.71. The van der Waals surface area contributed by atoms with E-state index in [1.165, 1.54) is 0 Å². The normalized spacial score (nSPS) is 10.4. The topological polar surface area (TPSA) is 52.2 Å². The molecule has 0 aliphatic carbocycles. The number of aromatic nitrogens is 1. The lowest BCUT2D eigenvalue weighted by atomic mass is 10.2. The molecule has 0 unspecified atom stereocenters. The van der Waals surface area contributed by atoms with E-state index < -0.39 is 0 Å². The van der Waals surface area contributed by atoms with Crippen LogP contribution in [-0.4, -0.2) is 4.68 Å². The molecule has 0 aliphatic heterocycles. The molecule has 0 aliphatic rings. The van der Waals surface area contributed by atoms with Crippen molar-refractivity contribution < 1.29 is 4.84 Å². The van der Waals surface area contributed by atoms with Crippen LogP contribution < -0.4 is 16.2 Å². The molecule has 18 heavy (non-hydrogen) atoms. The van der Waals surface area contributed by atoms with Crippen LogP contribution in [0.4, 0.5) is 5.69 Å². The second kappa shape index (κ2) is 4.33. The molecule has 0 amide bonds. The fourth-order valence-electron chi connectivity index (χ4n) is 1.83. The number of anilines is 1. The number of nitrogens with two attached hydrogens (primary N) is 1. The van der Waals surface area contributed by atoms with Gasteiger partial charge in [0.15, 0.2) is 5.75 Å². The number of para-hydroxylation sites is 1. The van der Waals surface area contributed by atoms with Crippen LogP contribution in [0.5, 0.6) is 5.75 Å². The standard InChI is InChI=1S/C14H13N3O/c15-12-6-7-14-11(10-12)8-9-17(14)16-18-13-4-2-1-3-5-13/h1-10,16H,15H2. The van der Waals surface area contributed by atoms with Gasteiger partial charge in [0.05, 0.1) is 5.52 Å². The van der Waals surface area contributed by atoms with E-state index in [9.17, 15) is 0 Å². The van der Waals surface area contributed by atoms with Gasteiger partial charge < -0.3 is 10.6 Å². The maximum Gasteiger partial charge on any atom is 0.157 e. The summed E-state index contributed by atoms with van der Waals surface area (Å²) in [5, 5.41) is 1.07. The van der Waals surface area contributed by atoms with E-state index in [2.05, 4.69) is 5.59 Å². The van der Waals surface area contributed by atoms with Gasteiger partial charge >= 0.3 is 0 Å². The molecule has 0 saturated carbocycles. The van der Waals surface area contributed by atoms with Crippen LogP contribution in [0.25, 0.3) is 10.9 Å². The van der Waals surface area contributed by atoms with Crippen molar-refractivity contribution in [1.29, 1.82) is 0 Å². The minimum Gasteiger partial charge on any atom is -0.399 e. The molecular weight excluding hydrogens is 226 g/mol. The third-order valence-corrected chi connectivity index (χ3v) is 2.72. The molecule has 4 nitrogen and oxygen atoms in total. The number of fused-ring (bicyclic) bond motifs is 1. The summed E-state index contributed by atoms with van der Waals surface area (Å²) in [6.45, 7) is 0. The first kappa shape index (κ1) is 10.5. The molecule has 90 valence electrons. The van der Waals surface area contributed by atoms with Crippen LogP contribution in [-0.2, 0) is 0 Å². The first-order valence-corrected chi connectivity index (χ1v) is 5.67. The number of hydrogen-bond acceptors (Lipinski definition) is 3. The number of rotatable bonds is 3. The van der Waals surface area contributed by atoms with Gasteiger partial charge in [0.1, 0.15) is 0 Å². The number of benzene rings is 2. The van der Waals surface area contributed by atoms with Gasteiger partial charge in [0.25, 0.3) is 0 Å². The largest absolute Gasteiger partial charge is 0.399 e. The Balaban J connectivity index is 1.83. The van der Waals surface area contributed by atoms with E-state index in [0.717, 1.165) is 22.3 Å². The second-order valence-corrected chi connectivity index (χ2v) is 4.01. The average Bonchev–Trinajstić information content (AvgIpc) is 2.80. The number of hydrogen-bond donors (Lipinski definition) is 2. The van der Waals surface area contributed by atoms with Gasteiger partial charge in [-0.05, 0) is 36.4 Å². The molecule has 3 aromatic rings. The Morgan fingerprint density at radius 3 is 2.67 bits per heavy atom. The molecule has 0 radical (unpaired) electrons. The Morgan fingerprint density at radius 1 is 1.00 bits per heavy atom. The molecule has 0 fully saturated rings. The Morgan fingerprint density at radius 2 is 1.83 bits per heavy atom. The van der Waals surface area contributed by atoms with Crippen LogP contribution >= 0.6 is 0 Å². The molecule has 3 N–H and O–H groups in total. The number of nitrogens with one attached hydrogen (secondary N) is 1. The lowest BCUT2D eigenvalue weighted by molar-refractivity contribution is 0.343. The van der Waals surface area contributed by atoms with Crippen molar-refractivity contribution in [2.45, 2.75) is 0 Å². The van der Waals surface area contributed by atoms with E-state index in [0.29, 0.717) is 0 Å². The van der Waals surface area contributed by atoms with Crippen molar-refractivity contribution in [2.24, 2.45) is 0 Å². The Hall–Kier alpha value is -2.62. The molecule has 2 aromatic carbocycles. The highest BCUT2D eigenvalue weighted by Crippen LogP contribution is 2.18. The van der Waals surface area contributed by atoms with Crippen molar-refractivity contribution >= 4 is 16.6 Å². The minimum atomic E-state index is 0.754. The predicted molar refractivity (Wildman–Crippen MR) is 72.8 cm³/mol. The van der Waals surface area contributed by atoms with Crippen molar-refractivity contribution in [1.82, 2.24) is 4.68 Å². The zero-order valence-corrected chi connectivity index (χ0v) is 9.71. The van der Waals surface area contributed by atoms with Crippen LogP contribution in [0.3, 0.4) is 0 Å². The summed E-state index contributed by atoms with van der Waals surface area (Å²) in [4.78, 5) is 5.47. The smallest absolute Gasteiger partial charge is 0.157 e. The maximum atomic E-state index is 5.74. The van der Waals surface area contributed by atoms with E-state index in [1.807, 2.05) is 65.5 Å². The summed E-state index contributed by atoms with van der Waals surface area (Å²) in [5.74, 6) is 0.759. The molecule has 1 aromatic heterocycles. The molecule has 3 rings (SSSR count). The van der Waals surface area contributed by atoms with E-state index in [1.54, 1.807) is 0 Å². The predicted octanol–water partition coefficient (Wildman–Crippen LogP) is 2.76. The molecule has 1 heterocycles. The van der Waals surface area contributed by atoms with Crippen molar-refractivity contribution in [3.05, 3.63) is 60.8 Å². The maximum absolute atomic E-state index is 5.74. The van der Waals surface area contributed by atoms with Gasteiger partial charge in [-0.3, -0.25) is 0 Å². The van der Waals surface area contributed by atoms with Crippen molar-refractivity contribution in [3.63, 3.8) is 0 Å². The van der Waals surface area contributed by atoms with Gasteiger partial charge in [-0.15, -0.1) is 0 Å². The fraction of sp³-hybridized carbons (Fsp3) is 0. The minimum absolute atomic E-state index is 0.754. The van der Waals surface area contributed by atoms with Gasteiger partial charge in [-0.2, -0.15) is 5.59 Å². The second-order valence-electron chi connectivity index (χ2n) is 4.01. The van der Waals surface area contributed by atoms with E-state index in [4.69, 9.17) is 10.6 Å². The van der Waals surface area contributed by atoms with Gasteiger partial charge in [-0.25, -0.2) is 4.68 Å². The third-order valence-electron chi connectivity index (χ3n) is 2.72. The highest BCUT2D eigenvalue weighted by Gasteiger charge is 2.01. The molecule has 0 atom stereocenters. The first-order chi connectivity index (χ1) is 8.83. The summed E-state index contributed by atoms with van der Waals surface area (Å²) in [5.41, 5.74) is 10.4. The summed E-state index contributed by atoms with van der Waals surface area (Å²) >= 11 is 0. The fourth-order valence-corrected chi connectivity index (χ4v) is 1.83. The zero-order chi connectivity index (χ0) is 12.4. The van der Waals surface area contributed by atoms with Gasteiger partial charge in [0.2, 0.25) is 0 Å². The summed E-state index contributed by atoms with van der Waals surface area (Å²) < 4.78 is 1.81. The highest BCUT2D eigenvalue weighted by molar-refractivity contribution is 5.83. The number of nitrogens with zero attached hydrogens (tertiary/aromatic N) is 1. The van der Waals surface area contributed by atoms with E-state index in [-0.39, 0.29) is 0 Å². The average molecular weight is 239 g/mol. The summed E-state index contributed by atoms with van der Waals surface area (Å²) in [7, 11) is 0. The molecule has 0 spiro atoms.